The van der Waals surface area contributed by atoms with E-state index in [0.29, 0.717) is 0 Å². The van der Waals surface area contributed by atoms with Crippen LogP contribution in [0.15, 0.2) is 23.7 Å². The molecule has 0 aliphatic heterocycles. The van der Waals surface area contributed by atoms with Gasteiger partial charge in [0.1, 0.15) is 16.7 Å². The molecule has 1 aromatic rings. The SMILES string of the molecule is C=CNc1ncnc(Br)c1C. The Labute approximate surface area is 73.7 Å². The number of nitrogens with zero attached hydrogens (tertiary/aromatic N) is 2. The second-order valence-corrected chi connectivity index (χ2v) is 2.74. The van der Waals surface area contributed by atoms with E-state index in [2.05, 4.69) is 37.8 Å². The fourth-order valence-corrected chi connectivity index (χ4v) is 0.950. The number of halogens is 1. The minimum absolute atomic E-state index is 0.780. The van der Waals surface area contributed by atoms with E-state index in [-0.39, 0.29) is 0 Å². The summed E-state index contributed by atoms with van der Waals surface area (Å²) >= 11 is 3.29. The first-order valence-electron chi connectivity index (χ1n) is 3.10. The lowest BCUT2D eigenvalue weighted by Gasteiger charge is -2.03. The van der Waals surface area contributed by atoms with Crippen molar-refractivity contribution in [2.75, 3.05) is 5.32 Å². The first-order chi connectivity index (χ1) is 5.25. The van der Waals surface area contributed by atoms with Gasteiger partial charge in [-0.15, -0.1) is 0 Å². The van der Waals surface area contributed by atoms with E-state index in [1.165, 1.54) is 6.33 Å². The third-order valence-electron chi connectivity index (χ3n) is 1.26. The van der Waals surface area contributed by atoms with Gasteiger partial charge in [0.05, 0.1) is 0 Å². The first kappa shape index (κ1) is 8.20. The molecule has 0 aliphatic carbocycles. The van der Waals surface area contributed by atoms with Crippen molar-refractivity contribution < 1.29 is 0 Å². The molecular weight excluding hydrogens is 206 g/mol. The number of anilines is 1. The number of rotatable bonds is 2. The van der Waals surface area contributed by atoms with Gasteiger partial charge >= 0.3 is 0 Å². The van der Waals surface area contributed by atoms with Gasteiger partial charge in [0, 0.05) is 5.56 Å². The maximum Gasteiger partial charge on any atom is 0.137 e. The minimum Gasteiger partial charge on any atom is -0.347 e. The Balaban J connectivity index is 3.05. The molecule has 0 radical (unpaired) electrons. The fraction of sp³-hybridized carbons (Fsp3) is 0.143. The average Bonchev–Trinajstić information content (AvgIpc) is 1.99. The van der Waals surface area contributed by atoms with Gasteiger partial charge in [0.15, 0.2) is 0 Å². The summed E-state index contributed by atoms with van der Waals surface area (Å²) in [4.78, 5) is 7.96. The molecule has 0 unspecified atom stereocenters. The van der Waals surface area contributed by atoms with E-state index >= 15 is 0 Å². The van der Waals surface area contributed by atoms with E-state index < -0.39 is 0 Å². The van der Waals surface area contributed by atoms with Crippen molar-refractivity contribution in [2.45, 2.75) is 6.92 Å². The van der Waals surface area contributed by atoms with E-state index in [1.54, 1.807) is 6.20 Å². The van der Waals surface area contributed by atoms with Gasteiger partial charge in [-0.1, -0.05) is 6.58 Å². The predicted octanol–water partition coefficient (Wildman–Crippen LogP) is 2.10. The molecule has 0 saturated carbocycles. The lowest BCUT2D eigenvalue weighted by molar-refractivity contribution is 1.10. The third kappa shape index (κ3) is 1.77. The zero-order chi connectivity index (χ0) is 8.27. The Hall–Kier alpha value is -0.900. The van der Waals surface area contributed by atoms with Crippen LogP contribution in [-0.4, -0.2) is 9.97 Å². The van der Waals surface area contributed by atoms with Gasteiger partial charge in [-0.05, 0) is 29.1 Å². The molecule has 0 spiro atoms. The second-order valence-electron chi connectivity index (χ2n) is 1.99. The molecule has 0 amide bonds. The van der Waals surface area contributed by atoms with Crippen LogP contribution in [-0.2, 0) is 0 Å². The van der Waals surface area contributed by atoms with Crippen LogP contribution in [0.2, 0.25) is 0 Å². The van der Waals surface area contributed by atoms with Crippen molar-refractivity contribution in [3.63, 3.8) is 0 Å². The van der Waals surface area contributed by atoms with Crippen LogP contribution < -0.4 is 5.32 Å². The van der Waals surface area contributed by atoms with E-state index in [9.17, 15) is 0 Å². The highest BCUT2D eigenvalue weighted by atomic mass is 79.9. The van der Waals surface area contributed by atoms with Crippen LogP contribution in [0.1, 0.15) is 5.56 Å². The highest BCUT2D eigenvalue weighted by molar-refractivity contribution is 9.10. The zero-order valence-electron chi connectivity index (χ0n) is 6.13. The molecule has 58 valence electrons. The van der Waals surface area contributed by atoms with Crippen LogP contribution in [0.5, 0.6) is 0 Å². The molecule has 11 heavy (non-hydrogen) atoms. The van der Waals surface area contributed by atoms with Gasteiger partial charge in [0.2, 0.25) is 0 Å². The molecule has 0 fully saturated rings. The summed E-state index contributed by atoms with van der Waals surface area (Å²) in [5, 5.41) is 2.90. The highest BCUT2D eigenvalue weighted by Crippen LogP contribution is 2.17. The van der Waals surface area contributed by atoms with Gasteiger partial charge < -0.3 is 5.32 Å². The van der Waals surface area contributed by atoms with Crippen molar-refractivity contribution in [2.24, 2.45) is 0 Å². The quantitative estimate of drug-likeness (QED) is 0.766. The van der Waals surface area contributed by atoms with Crippen LogP contribution >= 0.6 is 15.9 Å². The zero-order valence-corrected chi connectivity index (χ0v) is 7.72. The Morgan fingerprint density at radius 3 is 3.00 bits per heavy atom. The maximum atomic E-state index is 4.01. The number of aromatic nitrogens is 2. The van der Waals surface area contributed by atoms with Gasteiger partial charge in [-0.25, -0.2) is 9.97 Å². The molecule has 1 N–H and O–H groups in total. The second kappa shape index (κ2) is 3.48. The van der Waals surface area contributed by atoms with E-state index in [1.807, 2.05) is 6.92 Å². The lowest BCUT2D eigenvalue weighted by Crippen LogP contribution is -1.95. The van der Waals surface area contributed by atoms with E-state index in [0.717, 1.165) is 16.0 Å². The molecule has 1 rings (SSSR count). The predicted molar refractivity (Wildman–Crippen MR) is 48.3 cm³/mol. The number of nitrogens with one attached hydrogen (secondary N) is 1. The summed E-state index contributed by atoms with van der Waals surface area (Å²) in [6, 6.07) is 0. The Morgan fingerprint density at radius 2 is 2.36 bits per heavy atom. The molecule has 0 atom stereocenters. The summed E-state index contributed by atoms with van der Waals surface area (Å²) < 4.78 is 0.803. The number of hydrogen-bond acceptors (Lipinski definition) is 3. The molecule has 3 nitrogen and oxygen atoms in total. The van der Waals surface area contributed by atoms with Crippen molar-refractivity contribution in [1.82, 2.24) is 9.97 Å². The Bertz CT molecular complexity index is 272. The molecule has 0 saturated heterocycles. The topological polar surface area (TPSA) is 37.8 Å². The summed E-state index contributed by atoms with van der Waals surface area (Å²) in [6.45, 7) is 5.47. The molecular formula is C7H8BrN3. The van der Waals surface area contributed by atoms with Crippen LogP contribution in [0.25, 0.3) is 0 Å². The van der Waals surface area contributed by atoms with Crippen LogP contribution in [0, 0.1) is 6.92 Å². The molecule has 0 bridgehead atoms. The summed E-state index contributed by atoms with van der Waals surface area (Å²) in [6.07, 6.45) is 3.07. The largest absolute Gasteiger partial charge is 0.347 e. The minimum atomic E-state index is 0.780. The van der Waals surface area contributed by atoms with Crippen molar-refractivity contribution in [1.29, 1.82) is 0 Å². The number of hydrogen-bond donors (Lipinski definition) is 1. The third-order valence-corrected chi connectivity index (χ3v) is 2.06. The van der Waals surface area contributed by atoms with Gasteiger partial charge in [-0.3, -0.25) is 0 Å². The van der Waals surface area contributed by atoms with E-state index in [4.69, 9.17) is 0 Å². The normalized spacial score (nSPS) is 9.27. The molecule has 0 aromatic carbocycles. The van der Waals surface area contributed by atoms with Crippen LogP contribution in [0.3, 0.4) is 0 Å². The van der Waals surface area contributed by atoms with Crippen molar-refractivity contribution in [3.05, 3.63) is 29.3 Å². The summed E-state index contributed by atoms with van der Waals surface area (Å²) in [7, 11) is 0. The summed E-state index contributed by atoms with van der Waals surface area (Å²) in [5.41, 5.74) is 0.979. The lowest BCUT2D eigenvalue weighted by atomic mass is 10.3. The molecule has 1 aromatic heterocycles. The molecule has 1 heterocycles. The Morgan fingerprint density at radius 1 is 1.64 bits per heavy atom. The maximum absolute atomic E-state index is 4.01. The van der Waals surface area contributed by atoms with Gasteiger partial charge in [0.25, 0.3) is 0 Å². The smallest absolute Gasteiger partial charge is 0.137 e. The first-order valence-corrected chi connectivity index (χ1v) is 3.89. The monoisotopic (exact) mass is 213 g/mol. The van der Waals surface area contributed by atoms with Gasteiger partial charge in [-0.2, -0.15) is 0 Å². The van der Waals surface area contributed by atoms with Crippen molar-refractivity contribution in [3.8, 4) is 0 Å². The van der Waals surface area contributed by atoms with Crippen molar-refractivity contribution >= 4 is 21.7 Å². The fourth-order valence-electron chi connectivity index (χ4n) is 0.671. The molecule has 0 aliphatic rings. The standard InChI is InChI=1S/C7H8BrN3/c1-3-9-7-5(2)6(8)10-4-11-7/h3-4H,1H2,2H3,(H,9,10,11). The van der Waals surface area contributed by atoms with Crippen LogP contribution in [0.4, 0.5) is 5.82 Å². The average molecular weight is 214 g/mol. The highest BCUT2D eigenvalue weighted by Gasteiger charge is 2.00. The molecule has 4 heteroatoms. The summed E-state index contributed by atoms with van der Waals surface area (Å²) in [5.74, 6) is 0.780. The Kier molecular flexibility index (Phi) is 2.59.